The Morgan fingerprint density at radius 3 is 2.00 bits per heavy atom. The summed E-state index contributed by atoms with van der Waals surface area (Å²) in [6.07, 6.45) is 7.18. The molecule has 0 amide bonds. The summed E-state index contributed by atoms with van der Waals surface area (Å²) in [6.45, 7) is 23.7. The van der Waals surface area contributed by atoms with Crippen LogP contribution in [-0.4, -0.2) is 17.5 Å². The van der Waals surface area contributed by atoms with Gasteiger partial charge in [-0.25, -0.2) is 0 Å². The van der Waals surface area contributed by atoms with Gasteiger partial charge in [-0.3, -0.25) is 0 Å². The van der Waals surface area contributed by atoms with Crippen LogP contribution in [-0.2, 0) is 0 Å². The highest BCUT2D eigenvalue weighted by atomic mass is 15.2. The third-order valence-electron chi connectivity index (χ3n) is 4.36. The van der Waals surface area contributed by atoms with E-state index in [0.717, 1.165) is 17.7 Å². The zero-order valence-corrected chi connectivity index (χ0v) is 14.8. The van der Waals surface area contributed by atoms with E-state index in [9.17, 15) is 0 Å². The van der Waals surface area contributed by atoms with Crippen molar-refractivity contribution < 1.29 is 0 Å². The first-order chi connectivity index (χ1) is 8.97. The molecule has 0 unspecified atom stereocenters. The van der Waals surface area contributed by atoms with Crippen LogP contribution in [0.3, 0.4) is 0 Å². The lowest BCUT2D eigenvalue weighted by Gasteiger charge is -2.38. The Morgan fingerprint density at radius 2 is 1.65 bits per heavy atom. The van der Waals surface area contributed by atoms with Crippen LogP contribution in [0.2, 0.25) is 0 Å². The molecular weight excluding hydrogens is 242 g/mol. The maximum absolute atomic E-state index is 4.29. The molecule has 0 aromatic carbocycles. The average molecular weight is 275 g/mol. The zero-order valence-electron chi connectivity index (χ0n) is 14.8. The van der Waals surface area contributed by atoms with E-state index < -0.39 is 0 Å². The maximum atomic E-state index is 4.29. The molecule has 0 fully saturated rings. The number of rotatable bonds is 6. The van der Waals surface area contributed by atoms with E-state index in [2.05, 4.69) is 79.6 Å². The molecule has 0 rings (SSSR count). The highest BCUT2D eigenvalue weighted by Gasteiger charge is 2.23. The first kappa shape index (κ1) is 18.8. The van der Waals surface area contributed by atoms with Gasteiger partial charge in [-0.1, -0.05) is 64.7 Å². The fraction of sp³-hybridized carbons (Fsp3) is 0.579. The van der Waals surface area contributed by atoms with Gasteiger partial charge in [0, 0.05) is 18.3 Å². The Bertz CT molecular complexity index is 414. The summed E-state index contributed by atoms with van der Waals surface area (Å²) in [5.41, 5.74) is 3.78. The fourth-order valence-electron chi connectivity index (χ4n) is 1.60. The van der Waals surface area contributed by atoms with Crippen LogP contribution < -0.4 is 0 Å². The zero-order chi connectivity index (χ0) is 16.1. The molecular formula is C19H33N. The van der Waals surface area contributed by atoms with E-state index in [0.29, 0.717) is 0 Å². The van der Waals surface area contributed by atoms with Gasteiger partial charge in [0.15, 0.2) is 0 Å². The van der Waals surface area contributed by atoms with Crippen LogP contribution in [0.15, 0.2) is 48.2 Å². The molecule has 0 N–H and O–H groups in total. The van der Waals surface area contributed by atoms with Crippen LogP contribution in [0.25, 0.3) is 0 Å². The van der Waals surface area contributed by atoms with E-state index in [4.69, 9.17) is 0 Å². The van der Waals surface area contributed by atoms with Crippen molar-refractivity contribution in [3.63, 3.8) is 0 Å². The van der Waals surface area contributed by atoms with Crippen LogP contribution in [0.1, 0.15) is 54.9 Å². The molecule has 0 heterocycles. The summed E-state index contributed by atoms with van der Waals surface area (Å²) in [6, 6.07) is 0. The normalized spacial score (nSPS) is 14.2. The van der Waals surface area contributed by atoms with E-state index in [1.165, 1.54) is 5.57 Å². The van der Waals surface area contributed by atoms with Crippen molar-refractivity contribution in [3.05, 3.63) is 48.2 Å². The first-order valence-electron chi connectivity index (χ1n) is 7.42. The predicted molar refractivity (Wildman–Crippen MR) is 92.8 cm³/mol. The Morgan fingerprint density at radius 1 is 1.15 bits per heavy atom. The molecule has 0 atom stereocenters. The Balaban J connectivity index is 5.50. The Hall–Kier alpha value is -1.24. The van der Waals surface area contributed by atoms with Crippen molar-refractivity contribution >= 4 is 0 Å². The predicted octanol–water partition coefficient (Wildman–Crippen LogP) is 5.73. The minimum Gasteiger partial charge on any atom is -0.369 e. The molecule has 0 saturated carbocycles. The van der Waals surface area contributed by atoms with E-state index in [-0.39, 0.29) is 11.0 Å². The largest absolute Gasteiger partial charge is 0.369 e. The van der Waals surface area contributed by atoms with Crippen molar-refractivity contribution in [1.29, 1.82) is 0 Å². The van der Waals surface area contributed by atoms with Gasteiger partial charge in [0.25, 0.3) is 0 Å². The molecule has 0 saturated heterocycles. The molecule has 114 valence electrons. The summed E-state index contributed by atoms with van der Waals surface area (Å²) in [4.78, 5) is 2.26. The Kier molecular flexibility index (Phi) is 6.53. The molecule has 1 nitrogen and oxygen atoms in total. The second kappa shape index (κ2) is 6.97. The molecule has 0 bridgehead atoms. The number of allylic oxidation sites excluding steroid dienone is 4. The summed E-state index contributed by atoms with van der Waals surface area (Å²) in [7, 11) is 2.11. The van der Waals surface area contributed by atoms with Crippen molar-refractivity contribution in [3.8, 4) is 0 Å². The minimum absolute atomic E-state index is 0.0980. The molecule has 0 spiro atoms. The van der Waals surface area contributed by atoms with Crippen LogP contribution in [0, 0.1) is 5.41 Å². The average Bonchev–Trinajstić information content (AvgIpc) is 2.35. The molecule has 0 aliphatic rings. The van der Waals surface area contributed by atoms with Gasteiger partial charge in [-0.15, -0.1) is 0 Å². The second-order valence-electron chi connectivity index (χ2n) is 7.11. The van der Waals surface area contributed by atoms with Gasteiger partial charge in [-0.2, -0.15) is 0 Å². The monoisotopic (exact) mass is 275 g/mol. The van der Waals surface area contributed by atoms with Gasteiger partial charge in [0.2, 0.25) is 0 Å². The Labute approximate surface area is 126 Å². The summed E-state index contributed by atoms with van der Waals surface area (Å²) < 4.78 is 0. The van der Waals surface area contributed by atoms with Gasteiger partial charge in [-0.05, 0) is 38.2 Å². The first-order valence-corrected chi connectivity index (χ1v) is 7.42. The number of hydrogen-bond donors (Lipinski definition) is 0. The number of nitrogens with zero attached hydrogens (tertiary/aromatic N) is 1. The quantitative estimate of drug-likeness (QED) is 0.560. The molecule has 0 radical (unpaired) electrons. The SMILES string of the molecule is C=C/C=C(\C=C(/C)C(C)(C)C)C(=C)N(C)C(C)(C)CC. The summed E-state index contributed by atoms with van der Waals surface area (Å²) >= 11 is 0. The molecule has 0 aliphatic heterocycles. The van der Waals surface area contributed by atoms with Crippen molar-refractivity contribution in [2.24, 2.45) is 5.41 Å². The van der Waals surface area contributed by atoms with Crippen LogP contribution >= 0.6 is 0 Å². The lowest BCUT2D eigenvalue weighted by molar-refractivity contribution is 0.203. The summed E-state index contributed by atoms with van der Waals surface area (Å²) in [5, 5.41) is 0. The number of likely N-dealkylation sites (N-methyl/N-ethyl adjacent to an activating group) is 1. The molecule has 20 heavy (non-hydrogen) atoms. The summed E-state index contributed by atoms with van der Waals surface area (Å²) in [5.74, 6) is 0. The van der Waals surface area contributed by atoms with Crippen molar-refractivity contribution in [2.45, 2.75) is 60.4 Å². The van der Waals surface area contributed by atoms with E-state index >= 15 is 0 Å². The van der Waals surface area contributed by atoms with Gasteiger partial charge in [0.05, 0.1) is 0 Å². The van der Waals surface area contributed by atoms with Crippen molar-refractivity contribution in [1.82, 2.24) is 4.90 Å². The second-order valence-corrected chi connectivity index (χ2v) is 7.11. The van der Waals surface area contributed by atoms with Crippen molar-refractivity contribution in [2.75, 3.05) is 7.05 Å². The van der Waals surface area contributed by atoms with Crippen LogP contribution in [0.5, 0.6) is 0 Å². The lowest BCUT2D eigenvalue weighted by Crippen LogP contribution is -2.39. The topological polar surface area (TPSA) is 3.24 Å². The van der Waals surface area contributed by atoms with Crippen LogP contribution in [0.4, 0.5) is 0 Å². The maximum Gasteiger partial charge on any atom is 0.0368 e. The van der Waals surface area contributed by atoms with Gasteiger partial charge < -0.3 is 4.90 Å². The molecule has 0 aromatic rings. The van der Waals surface area contributed by atoms with Gasteiger partial charge in [0.1, 0.15) is 0 Å². The third kappa shape index (κ3) is 5.03. The highest BCUT2D eigenvalue weighted by molar-refractivity contribution is 5.42. The van der Waals surface area contributed by atoms with E-state index in [1.54, 1.807) is 0 Å². The molecule has 0 aromatic heterocycles. The van der Waals surface area contributed by atoms with Gasteiger partial charge >= 0.3 is 0 Å². The fourth-order valence-corrected chi connectivity index (χ4v) is 1.60. The number of hydrogen-bond acceptors (Lipinski definition) is 1. The standard InChI is InChI=1S/C19H33N/c1-11-13-17(14-15(3)18(5,6)7)16(4)20(10)19(8,9)12-2/h11,13-14H,1,4,12H2,2-3,5-10H3/b15-14+,17-13+. The smallest absolute Gasteiger partial charge is 0.0368 e. The lowest BCUT2D eigenvalue weighted by atomic mass is 9.86. The molecule has 0 aliphatic carbocycles. The van der Waals surface area contributed by atoms with E-state index in [1.807, 2.05) is 12.2 Å². The highest BCUT2D eigenvalue weighted by Crippen LogP contribution is 2.30. The molecule has 1 heteroatoms. The minimum atomic E-state index is 0.0980. The third-order valence-corrected chi connectivity index (χ3v) is 4.36.